The summed E-state index contributed by atoms with van der Waals surface area (Å²) in [6, 6.07) is 10.1. The van der Waals surface area contributed by atoms with E-state index in [1.54, 1.807) is 0 Å². The molecule has 1 saturated heterocycles. The highest BCUT2D eigenvalue weighted by atomic mass is 32.2. The number of rotatable bonds is 8. The van der Waals surface area contributed by atoms with Crippen LogP contribution in [0.2, 0.25) is 0 Å². The molecule has 0 aliphatic carbocycles. The summed E-state index contributed by atoms with van der Waals surface area (Å²) < 4.78 is 33.1. The monoisotopic (exact) mass is 517 g/mol. The lowest BCUT2D eigenvalue weighted by atomic mass is 10.0. The maximum absolute atomic E-state index is 13.5. The van der Waals surface area contributed by atoms with Crippen molar-refractivity contribution < 1.29 is 32.6 Å². The topological polar surface area (TPSA) is 133 Å². The number of carboxylic acids is 1. The van der Waals surface area contributed by atoms with Crippen LogP contribution < -0.4 is 10.1 Å². The molecular formula is C25H31N3O7S. The van der Waals surface area contributed by atoms with Crippen molar-refractivity contribution in [3.05, 3.63) is 59.2 Å². The van der Waals surface area contributed by atoms with E-state index in [1.807, 2.05) is 24.3 Å². The van der Waals surface area contributed by atoms with E-state index in [9.17, 15) is 27.9 Å². The summed E-state index contributed by atoms with van der Waals surface area (Å²) in [6.45, 7) is 5.59. The zero-order valence-electron chi connectivity index (χ0n) is 20.7. The minimum atomic E-state index is -4.27. The van der Waals surface area contributed by atoms with Crippen molar-refractivity contribution in [2.75, 3.05) is 26.7 Å². The second-order valence-electron chi connectivity index (χ2n) is 8.88. The van der Waals surface area contributed by atoms with Crippen molar-refractivity contribution in [3.8, 4) is 5.75 Å². The average molecular weight is 518 g/mol. The van der Waals surface area contributed by atoms with E-state index in [0.29, 0.717) is 5.92 Å². The third-order valence-corrected chi connectivity index (χ3v) is 8.10. The lowest BCUT2D eigenvalue weighted by Crippen LogP contribution is -2.61. The quantitative estimate of drug-likeness (QED) is 0.547. The number of ether oxygens (including phenoxy) is 1. The van der Waals surface area contributed by atoms with Crippen LogP contribution >= 0.6 is 0 Å². The van der Waals surface area contributed by atoms with Crippen molar-refractivity contribution in [1.29, 1.82) is 0 Å². The second kappa shape index (κ2) is 11.1. The van der Waals surface area contributed by atoms with Crippen LogP contribution in [0.25, 0.3) is 0 Å². The zero-order valence-corrected chi connectivity index (χ0v) is 21.5. The van der Waals surface area contributed by atoms with E-state index < -0.39 is 27.9 Å². The van der Waals surface area contributed by atoms with Crippen molar-refractivity contribution in [2.45, 2.75) is 44.2 Å². The summed E-state index contributed by atoms with van der Waals surface area (Å²) in [6.07, 6.45) is 0. The largest absolute Gasteiger partial charge is 0.496 e. The molecule has 194 valence electrons. The molecule has 0 bridgehead atoms. The minimum absolute atomic E-state index is 0.0145. The lowest BCUT2D eigenvalue weighted by Gasteiger charge is -2.39. The first-order valence-corrected chi connectivity index (χ1v) is 12.9. The number of amides is 2. The average Bonchev–Trinajstić information content (AvgIpc) is 2.86. The molecule has 2 N–H and O–H groups in total. The first-order chi connectivity index (χ1) is 16.9. The molecule has 0 saturated carbocycles. The van der Waals surface area contributed by atoms with Crippen LogP contribution in [0.1, 0.15) is 48.2 Å². The Morgan fingerprint density at radius 1 is 1.11 bits per heavy atom. The molecule has 1 heterocycles. The normalized spacial score (nSPS) is 16.6. The molecule has 11 heteroatoms. The molecule has 3 rings (SSSR count). The van der Waals surface area contributed by atoms with Gasteiger partial charge in [0.05, 0.1) is 12.0 Å². The molecule has 10 nitrogen and oxygen atoms in total. The summed E-state index contributed by atoms with van der Waals surface area (Å²) in [5.41, 5.74) is 1.70. The van der Waals surface area contributed by atoms with Gasteiger partial charge in [0.25, 0.3) is 0 Å². The number of nitrogens with zero attached hydrogens (tertiary/aromatic N) is 2. The second-order valence-corrected chi connectivity index (χ2v) is 10.8. The first kappa shape index (κ1) is 27.2. The van der Waals surface area contributed by atoms with Crippen LogP contribution in [-0.4, -0.2) is 73.3 Å². The van der Waals surface area contributed by atoms with Crippen molar-refractivity contribution in [1.82, 2.24) is 14.5 Å². The standard InChI is InChI=1S/C25H31N3O7S/c1-16(2)19-7-5-18(6-8-19)14-26-24(30)22-15-27(17(3)29)11-12-28(22)36(33,34)20-9-10-23(35-4)21(13-20)25(31)32/h5-10,13,16,22H,11-12,14-15H2,1-4H3,(H,26,30)(H,31,32). The number of piperazine rings is 1. The van der Waals surface area contributed by atoms with Gasteiger partial charge in [-0.05, 0) is 35.2 Å². The number of carbonyl (C=O) groups excluding carboxylic acids is 2. The third-order valence-electron chi connectivity index (χ3n) is 6.20. The number of aromatic carboxylic acids is 1. The molecule has 0 spiro atoms. The van der Waals surface area contributed by atoms with Gasteiger partial charge in [-0.1, -0.05) is 38.1 Å². The van der Waals surface area contributed by atoms with Crippen LogP contribution in [-0.2, 0) is 26.2 Å². The number of nitrogens with one attached hydrogen (secondary N) is 1. The van der Waals surface area contributed by atoms with Gasteiger partial charge in [-0.3, -0.25) is 9.59 Å². The number of hydrogen-bond donors (Lipinski definition) is 2. The summed E-state index contributed by atoms with van der Waals surface area (Å²) in [5.74, 6) is -1.79. The number of methoxy groups -OCH3 is 1. The summed E-state index contributed by atoms with van der Waals surface area (Å²) in [7, 11) is -2.98. The molecule has 1 fully saturated rings. The van der Waals surface area contributed by atoms with Gasteiger partial charge in [-0.25, -0.2) is 13.2 Å². The van der Waals surface area contributed by atoms with Crippen LogP contribution in [0.15, 0.2) is 47.4 Å². The smallest absolute Gasteiger partial charge is 0.339 e. The van der Waals surface area contributed by atoms with Crippen LogP contribution in [0, 0.1) is 0 Å². The van der Waals surface area contributed by atoms with E-state index >= 15 is 0 Å². The Bertz CT molecular complexity index is 1240. The first-order valence-electron chi connectivity index (χ1n) is 11.5. The van der Waals surface area contributed by atoms with Gasteiger partial charge >= 0.3 is 5.97 Å². The Labute approximate surface area is 210 Å². The van der Waals surface area contributed by atoms with Crippen molar-refractivity contribution in [2.24, 2.45) is 0 Å². The Morgan fingerprint density at radius 3 is 2.33 bits per heavy atom. The van der Waals surface area contributed by atoms with E-state index in [2.05, 4.69) is 19.2 Å². The minimum Gasteiger partial charge on any atom is -0.496 e. The molecule has 0 radical (unpaired) electrons. The highest BCUT2D eigenvalue weighted by Gasteiger charge is 2.41. The molecule has 1 unspecified atom stereocenters. The highest BCUT2D eigenvalue weighted by molar-refractivity contribution is 7.89. The van der Waals surface area contributed by atoms with Gasteiger partial charge in [-0.15, -0.1) is 0 Å². The van der Waals surface area contributed by atoms with Crippen LogP contribution in [0.5, 0.6) is 5.75 Å². The van der Waals surface area contributed by atoms with E-state index in [0.717, 1.165) is 21.5 Å². The summed E-state index contributed by atoms with van der Waals surface area (Å²) in [5, 5.41) is 12.2. The maximum Gasteiger partial charge on any atom is 0.339 e. The number of carboxylic acid groups (broad SMARTS) is 1. The van der Waals surface area contributed by atoms with E-state index in [-0.39, 0.29) is 48.3 Å². The van der Waals surface area contributed by atoms with Crippen molar-refractivity contribution >= 4 is 27.8 Å². The molecular weight excluding hydrogens is 486 g/mol. The molecule has 2 aromatic carbocycles. The molecule has 1 atom stereocenters. The summed E-state index contributed by atoms with van der Waals surface area (Å²) >= 11 is 0. The SMILES string of the molecule is COc1ccc(S(=O)(=O)N2CCN(C(C)=O)CC2C(=O)NCc2ccc(C(C)C)cc2)cc1C(=O)O. The number of sulfonamides is 1. The van der Waals surface area contributed by atoms with Gasteiger partial charge in [-0.2, -0.15) is 4.31 Å². The fourth-order valence-corrected chi connectivity index (χ4v) is 5.63. The molecule has 2 aromatic rings. The summed E-state index contributed by atoms with van der Waals surface area (Å²) in [4.78, 5) is 38.0. The zero-order chi connectivity index (χ0) is 26.6. The molecule has 2 amide bonds. The van der Waals surface area contributed by atoms with Gasteiger partial charge in [0.2, 0.25) is 21.8 Å². The fourth-order valence-electron chi connectivity index (χ4n) is 4.03. The Morgan fingerprint density at radius 2 is 1.78 bits per heavy atom. The molecule has 1 aliphatic heterocycles. The van der Waals surface area contributed by atoms with Gasteiger partial charge in [0.15, 0.2) is 0 Å². The predicted molar refractivity (Wildman–Crippen MR) is 132 cm³/mol. The molecule has 0 aromatic heterocycles. The van der Waals surface area contributed by atoms with Gasteiger partial charge < -0.3 is 20.1 Å². The molecule has 36 heavy (non-hydrogen) atoms. The maximum atomic E-state index is 13.5. The fraction of sp³-hybridized carbons (Fsp3) is 0.400. The number of benzene rings is 2. The predicted octanol–water partition coefficient (Wildman–Crippen LogP) is 2.05. The Balaban J connectivity index is 1.88. The van der Waals surface area contributed by atoms with E-state index in [4.69, 9.17) is 4.74 Å². The van der Waals surface area contributed by atoms with Gasteiger partial charge in [0, 0.05) is 33.1 Å². The number of hydrogen-bond acceptors (Lipinski definition) is 6. The van der Waals surface area contributed by atoms with Crippen LogP contribution in [0.4, 0.5) is 0 Å². The van der Waals surface area contributed by atoms with E-state index in [1.165, 1.54) is 31.1 Å². The highest BCUT2D eigenvalue weighted by Crippen LogP contribution is 2.27. The van der Waals surface area contributed by atoms with Gasteiger partial charge in [0.1, 0.15) is 17.4 Å². The number of carbonyl (C=O) groups is 3. The third kappa shape index (κ3) is 5.85. The Kier molecular flexibility index (Phi) is 8.36. The molecule has 1 aliphatic rings. The van der Waals surface area contributed by atoms with Crippen molar-refractivity contribution in [3.63, 3.8) is 0 Å². The lowest BCUT2D eigenvalue weighted by molar-refractivity contribution is -0.134. The van der Waals surface area contributed by atoms with Crippen LogP contribution in [0.3, 0.4) is 0 Å². The Hall–Kier alpha value is -3.44.